The molecule has 1 aliphatic rings. The first-order chi connectivity index (χ1) is 12.1. The average Bonchev–Trinajstić information content (AvgIpc) is 2.96. The molecule has 2 aromatic carbocycles. The van der Waals surface area contributed by atoms with E-state index in [0.717, 1.165) is 18.8 Å². The van der Waals surface area contributed by atoms with Crippen molar-refractivity contribution in [1.82, 2.24) is 4.90 Å². The summed E-state index contributed by atoms with van der Waals surface area (Å²) in [5.41, 5.74) is 8.57. The van der Waals surface area contributed by atoms with Gasteiger partial charge in [0.2, 0.25) is 5.91 Å². The molecule has 4 nitrogen and oxygen atoms in total. The summed E-state index contributed by atoms with van der Waals surface area (Å²) in [6.45, 7) is 6.09. The van der Waals surface area contributed by atoms with Gasteiger partial charge in [-0.25, -0.2) is 0 Å². The predicted molar refractivity (Wildman–Crippen MR) is 110 cm³/mol. The summed E-state index contributed by atoms with van der Waals surface area (Å²) in [4.78, 5) is 17.0. The molecule has 0 aromatic heterocycles. The van der Waals surface area contributed by atoms with E-state index in [-0.39, 0.29) is 30.4 Å². The lowest BCUT2D eigenvalue weighted by Gasteiger charge is -2.29. The summed E-state index contributed by atoms with van der Waals surface area (Å²) in [7, 11) is 0. The van der Waals surface area contributed by atoms with Crippen LogP contribution in [0.1, 0.15) is 25.3 Å². The number of benzene rings is 2. The van der Waals surface area contributed by atoms with Gasteiger partial charge in [0.05, 0.1) is 6.54 Å². The Morgan fingerprint density at radius 3 is 2.23 bits per heavy atom. The van der Waals surface area contributed by atoms with Gasteiger partial charge in [-0.05, 0) is 31.5 Å². The highest BCUT2D eigenvalue weighted by Crippen LogP contribution is 2.26. The minimum absolute atomic E-state index is 0. The van der Waals surface area contributed by atoms with Crippen LogP contribution in [0.5, 0.6) is 0 Å². The number of likely N-dealkylation sites (tertiary alicyclic amines) is 1. The van der Waals surface area contributed by atoms with Crippen molar-refractivity contribution in [3.8, 4) is 0 Å². The van der Waals surface area contributed by atoms with E-state index in [9.17, 15) is 4.79 Å². The van der Waals surface area contributed by atoms with Gasteiger partial charge in [-0.1, -0.05) is 48.5 Å². The van der Waals surface area contributed by atoms with Crippen molar-refractivity contribution in [2.24, 2.45) is 5.73 Å². The molecule has 2 aromatic rings. The highest BCUT2D eigenvalue weighted by Gasteiger charge is 2.33. The fraction of sp³-hybridized carbons (Fsp3) is 0.381. The van der Waals surface area contributed by atoms with E-state index < -0.39 is 0 Å². The Bertz CT molecular complexity index is 693. The molecule has 0 unspecified atom stereocenters. The summed E-state index contributed by atoms with van der Waals surface area (Å²) >= 11 is 0. The largest absolute Gasteiger partial charge is 0.326 e. The van der Waals surface area contributed by atoms with Crippen LogP contribution < -0.4 is 10.6 Å². The maximum absolute atomic E-state index is 12.9. The summed E-state index contributed by atoms with van der Waals surface area (Å²) in [5.74, 6) is 0.417. The molecule has 1 aliphatic heterocycles. The predicted octanol–water partition coefficient (Wildman–Crippen LogP) is 3.28. The van der Waals surface area contributed by atoms with E-state index in [2.05, 4.69) is 17.0 Å². The third kappa shape index (κ3) is 4.64. The third-order valence-corrected chi connectivity index (χ3v) is 4.85. The van der Waals surface area contributed by atoms with E-state index in [0.29, 0.717) is 12.5 Å². The summed E-state index contributed by atoms with van der Waals surface area (Å²) in [6, 6.07) is 20.4. The molecule has 1 amide bonds. The number of anilines is 1. The third-order valence-electron chi connectivity index (χ3n) is 4.85. The Kier molecular flexibility index (Phi) is 7.21. The van der Waals surface area contributed by atoms with Gasteiger partial charge in [0.1, 0.15) is 0 Å². The molecule has 0 spiro atoms. The summed E-state index contributed by atoms with van der Waals surface area (Å²) in [6.07, 6.45) is 0. The number of para-hydroxylation sites is 1. The Labute approximate surface area is 162 Å². The molecule has 1 heterocycles. The minimum Gasteiger partial charge on any atom is -0.326 e. The maximum atomic E-state index is 12.9. The van der Waals surface area contributed by atoms with Crippen LogP contribution in [0.3, 0.4) is 0 Å². The second kappa shape index (κ2) is 9.17. The second-order valence-corrected chi connectivity index (χ2v) is 7.07. The summed E-state index contributed by atoms with van der Waals surface area (Å²) in [5, 5.41) is 0. The molecular formula is C21H28ClN3O. The van der Waals surface area contributed by atoms with Crippen molar-refractivity contribution < 1.29 is 4.79 Å². The maximum Gasteiger partial charge on any atom is 0.241 e. The standard InChI is InChI=1S/C21H27N3O.ClH/c1-16(2)24(18-11-7-4-8-12-18)21(25)15-23-13-19(20(22)14-23)17-9-5-3-6-10-17;/h3-12,16,19-20H,13-15,22H2,1-2H3;1H/t19-,20+;/m0./s1. The second-order valence-electron chi connectivity index (χ2n) is 7.07. The first-order valence-electron chi connectivity index (χ1n) is 8.96. The zero-order valence-corrected chi connectivity index (χ0v) is 16.2. The fourth-order valence-electron chi connectivity index (χ4n) is 3.68. The Morgan fingerprint density at radius 1 is 1.08 bits per heavy atom. The molecular weight excluding hydrogens is 346 g/mol. The molecule has 26 heavy (non-hydrogen) atoms. The minimum atomic E-state index is 0. The molecule has 3 rings (SSSR count). The molecule has 140 valence electrons. The first-order valence-corrected chi connectivity index (χ1v) is 8.96. The van der Waals surface area contributed by atoms with Crippen molar-refractivity contribution in [1.29, 1.82) is 0 Å². The monoisotopic (exact) mass is 373 g/mol. The number of halogens is 1. The van der Waals surface area contributed by atoms with E-state index in [1.54, 1.807) is 0 Å². The van der Waals surface area contributed by atoms with Crippen molar-refractivity contribution in [2.45, 2.75) is 31.8 Å². The molecule has 0 bridgehead atoms. The lowest BCUT2D eigenvalue weighted by atomic mass is 9.95. The number of rotatable bonds is 5. The smallest absolute Gasteiger partial charge is 0.241 e. The van der Waals surface area contributed by atoms with E-state index >= 15 is 0 Å². The van der Waals surface area contributed by atoms with Crippen molar-refractivity contribution >= 4 is 24.0 Å². The zero-order chi connectivity index (χ0) is 17.8. The van der Waals surface area contributed by atoms with Crippen LogP contribution in [0.2, 0.25) is 0 Å². The van der Waals surface area contributed by atoms with Gasteiger partial charge in [-0.2, -0.15) is 0 Å². The molecule has 0 radical (unpaired) electrons. The Balaban J connectivity index is 0.00000243. The highest BCUT2D eigenvalue weighted by molar-refractivity contribution is 5.95. The highest BCUT2D eigenvalue weighted by atomic mass is 35.5. The van der Waals surface area contributed by atoms with Gasteiger partial charge in [0.25, 0.3) is 0 Å². The van der Waals surface area contributed by atoms with Crippen molar-refractivity contribution in [3.05, 3.63) is 66.2 Å². The van der Waals surface area contributed by atoms with Crippen molar-refractivity contribution in [2.75, 3.05) is 24.5 Å². The normalized spacial score (nSPS) is 20.0. The summed E-state index contributed by atoms with van der Waals surface area (Å²) < 4.78 is 0. The topological polar surface area (TPSA) is 49.6 Å². The molecule has 2 N–H and O–H groups in total. The lowest BCUT2D eigenvalue weighted by Crippen LogP contribution is -2.43. The van der Waals surface area contributed by atoms with Gasteiger partial charge < -0.3 is 10.6 Å². The molecule has 5 heteroatoms. The van der Waals surface area contributed by atoms with E-state index in [1.165, 1.54) is 5.56 Å². The molecule has 0 saturated carbocycles. The number of carbonyl (C=O) groups excluding carboxylic acids is 1. The molecule has 0 aliphatic carbocycles. The van der Waals surface area contributed by atoms with Crippen LogP contribution >= 0.6 is 12.4 Å². The van der Waals surface area contributed by atoms with Crippen LogP contribution in [-0.2, 0) is 4.79 Å². The van der Waals surface area contributed by atoms with E-state index in [4.69, 9.17) is 5.73 Å². The fourth-order valence-corrected chi connectivity index (χ4v) is 3.68. The number of nitrogens with two attached hydrogens (primary N) is 1. The van der Waals surface area contributed by atoms with Crippen LogP contribution in [0.15, 0.2) is 60.7 Å². The number of hydrogen-bond acceptors (Lipinski definition) is 3. The quantitative estimate of drug-likeness (QED) is 0.875. The lowest BCUT2D eigenvalue weighted by molar-refractivity contribution is -0.119. The molecule has 1 fully saturated rings. The van der Waals surface area contributed by atoms with Crippen LogP contribution in [0.25, 0.3) is 0 Å². The van der Waals surface area contributed by atoms with Gasteiger partial charge >= 0.3 is 0 Å². The Morgan fingerprint density at radius 2 is 1.65 bits per heavy atom. The average molecular weight is 374 g/mol. The number of nitrogens with zero attached hydrogens (tertiary/aromatic N) is 2. The molecule has 1 saturated heterocycles. The van der Waals surface area contributed by atoms with Crippen LogP contribution in [0.4, 0.5) is 5.69 Å². The SMILES string of the molecule is CC(C)N(C(=O)CN1C[C@@H](N)[C@H](c2ccccc2)C1)c1ccccc1.Cl. The number of carbonyl (C=O) groups is 1. The van der Waals surface area contributed by atoms with Crippen LogP contribution in [-0.4, -0.2) is 42.5 Å². The first kappa shape index (κ1) is 20.4. The van der Waals surface area contributed by atoms with Gasteiger partial charge in [0, 0.05) is 36.8 Å². The zero-order valence-electron chi connectivity index (χ0n) is 15.4. The van der Waals surface area contributed by atoms with Gasteiger partial charge in [-0.15, -0.1) is 12.4 Å². The van der Waals surface area contributed by atoms with Crippen LogP contribution in [0, 0.1) is 0 Å². The number of amides is 1. The molecule has 2 atom stereocenters. The Hall–Kier alpha value is -1.88. The van der Waals surface area contributed by atoms with Crippen molar-refractivity contribution in [3.63, 3.8) is 0 Å². The number of hydrogen-bond donors (Lipinski definition) is 1. The van der Waals surface area contributed by atoms with E-state index in [1.807, 2.05) is 67.3 Å². The van der Waals surface area contributed by atoms with Gasteiger partial charge in [-0.3, -0.25) is 9.69 Å². The van der Waals surface area contributed by atoms with Gasteiger partial charge in [0.15, 0.2) is 0 Å².